The predicted molar refractivity (Wildman–Crippen MR) is 75.3 cm³/mol. The van der Waals surface area contributed by atoms with Gasteiger partial charge in [0.15, 0.2) is 17.6 Å². The summed E-state index contributed by atoms with van der Waals surface area (Å²) in [5, 5.41) is 12.2. The summed E-state index contributed by atoms with van der Waals surface area (Å²) in [6, 6.07) is 7.88. The van der Waals surface area contributed by atoms with Gasteiger partial charge >= 0.3 is 0 Å². The van der Waals surface area contributed by atoms with Crippen LogP contribution in [0.5, 0.6) is 11.5 Å². The number of para-hydroxylation sites is 1. The molecule has 4 nitrogen and oxygen atoms in total. The molecule has 0 radical (unpaired) electrons. The minimum Gasteiger partial charge on any atom is -0.490 e. The summed E-state index contributed by atoms with van der Waals surface area (Å²) in [4.78, 5) is 0. The third kappa shape index (κ3) is 4.80. The molecule has 4 heteroatoms. The Labute approximate surface area is 115 Å². The standard InChI is InChI=1S/C15H22N2O2/c1-4-9-17-11-13-7-6-8-14(18-5-2)15(13)19-12(3)10-16/h6-8,12,17H,4-5,9,11H2,1-3H3. The highest BCUT2D eigenvalue weighted by Gasteiger charge is 2.13. The number of nitriles is 1. The fourth-order valence-electron chi connectivity index (χ4n) is 1.71. The molecule has 0 bridgehead atoms. The molecule has 0 aliphatic rings. The maximum atomic E-state index is 8.89. The second-order valence-corrected chi connectivity index (χ2v) is 4.24. The molecule has 1 unspecified atom stereocenters. The van der Waals surface area contributed by atoms with Gasteiger partial charge in [0.25, 0.3) is 0 Å². The van der Waals surface area contributed by atoms with Crippen molar-refractivity contribution < 1.29 is 9.47 Å². The van der Waals surface area contributed by atoms with Crippen LogP contribution in [0.2, 0.25) is 0 Å². The number of nitrogens with zero attached hydrogens (tertiary/aromatic N) is 1. The Balaban J connectivity index is 2.93. The molecule has 0 aliphatic carbocycles. The van der Waals surface area contributed by atoms with Crippen LogP contribution in [0.4, 0.5) is 0 Å². The van der Waals surface area contributed by atoms with Gasteiger partial charge < -0.3 is 14.8 Å². The molecule has 0 fully saturated rings. The van der Waals surface area contributed by atoms with Gasteiger partial charge in [0.1, 0.15) is 6.07 Å². The molecule has 0 saturated carbocycles. The van der Waals surface area contributed by atoms with Crippen LogP contribution in [0.25, 0.3) is 0 Å². The largest absolute Gasteiger partial charge is 0.490 e. The maximum Gasteiger partial charge on any atom is 0.181 e. The highest BCUT2D eigenvalue weighted by atomic mass is 16.5. The van der Waals surface area contributed by atoms with E-state index in [0.717, 1.165) is 18.5 Å². The van der Waals surface area contributed by atoms with Crippen molar-refractivity contribution in [2.45, 2.75) is 39.8 Å². The normalized spacial score (nSPS) is 11.7. The number of hydrogen-bond acceptors (Lipinski definition) is 4. The van der Waals surface area contributed by atoms with E-state index in [-0.39, 0.29) is 0 Å². The van der Waals surface area contributed by atoms with Gasteiger partial charge in [-0.3, -0.25) is 0 Å². The van der Waals surface area contributed by atoms with E-state index in [1.807, 2.05) is 25.1 Å². The first-order valence-electron chi connectivity index (χ1n) is 6.74. The molecule has 0 heterocycles. The molecular formula is C15H22N2O2. The fraction of sp³-hybridized carbons (Fsp3) is 0.533. The topological polar surface area (TPSA) is 54.3 Å². The smallest absolute Gasteiger partial charge is 0.181 e. The van der Waals surface area contributed by atoms with Crippen LogP contribution < -0.4 is 14.8 Å². The van der Waals surface area contributed by atoms with Crippen LogP contribution in [-0.2, 0) is 6.54 Å². The van der Waals surface area contributed by atoms with Gasteiger partial charge in [-0.2, -0.15) is 5.26 Å². The second-order valence-electron chi connectivity index (χ2n) is 4.24. The lowest BCUT2D eigenvalue weighted by Crippen LogP contribution is -2.17. The Hall–Kier alpha value is -1.73. The summed E-state index contributed by atoms with van der Waals surface area (Å²) < 4.78 is 11.3. The third-order valence-corrected chi connectivity index (χ3v) is 2.58. The molecule has 104 valence electrons. The molecule has 19 heavy (non-hydrogen) atoms. The van der Waals surface area contributed by atoms with E-state index in [1.54, 1.807) is 6.92 Å². The van der Waals surface area contributed by atoms with Gasteiger partial charge in [0.2, 0.25) is 0 Å². The number of benzene rings is 1. The average Bonchev–Trinajstić information content (AvgIpc) is 2.42. The highest BCUT2D eigenvalue weighted by molar-refractivity contribution is 5.47. The maximum absolute atomic E-state index is 8.89. The van der Waals surface area contributed by atoms with Crippen molar-refractivity contribution in [1.29, 1.82) is 5.26 Å². The van der Waals surface area contributed by atoms with Crippen molar-refractivity contribution in [3.8, 4) is 17.6 Å². The van der Waals surface area contributed by atoms with E-state index in [2.05, 4.69) is 18.3 Å². The van der Waals surface area contributed by atoms with E-state index in [1.165, 1.54) is 0 Å². The lowest BCUT2D eigenvalue weighted by atomic mass is 10.1. The summed E-state index contributed by atoms with van der Waals surface area (Å²) in [6.45, 7) is 8.02. The first kappa shape index (κ1) is 15.3. The van der Waals surface area contributed by atoms with Gasteiger partial charge in [0, 0.05) is 12.1 Å². The molecule has 0 spiro atoms. The quantitative estimate of drug-likeness (QED) is 0.732. The van der Waals surface area contributed by atoms with Crippen LogP contribution in [0, 0.1) is 11.3 Å². The van der Waals surface area contributed by atoms with E-state index >= 15 is 0 Å². The van der Waals surface area contributed by atoms with E-state index in [9.17, 15) is 0 Å². The van der Waals surface area contributed by atoms with Crippen molar-refractivity contribution in [3.63, 3.8) is 0 Å². The van der Waals surface area contributed by atoms with Crippen molar-refractivity contribution >= 4 is 0 Å². The van der Waals surface area contributed by atoms with Crippen molar-refractivity contribution in [3.05, 3.63) is 23.8 Å². The predicted octanol–water partition coefficient (Wildman–Crippen LogP) is 2.88. The zero-order chi connectivity index (χ0) is 14.1. The molecule has 1 aromatic carbocycles. The molecule has 1 rings (SSSR count). The Morgan fingerprint density at radius 2 is 2.16 bits per heavy atom. The van der Waals surface area contributed by atoms with E-state index in [4.69, 9.17) is 14.7 Å². The van der Waals surface area contributed by atoms with E-state index in [0.29, 0.717) is 24.7 Å². The summed E-state index contributed by atoms with van der Waals surface area (Å²) in [6.07, 6.45) is 0.585. The fourth-order valence-corrected chi connectivity index (χ4v) is 1.71. The molecule has 0 aliphatic heterocycles. The van der Waals surface area contributed by atoms with Crippen LogP contribution in [0.15, 0.2) is 18.2 Å². The SMILES string of the molecule is CCCNCc1cccc(OCC)c1OC(C)C#N. The molecule has 0 saturated heterocycles. The molecule has 0 aromatic heterocycles. The highest BCUT2D eigenvalue weighted by Crippen LogP contribution is 2.32. The number of ether oxygens (including phenoxy) is 2. The molecule has 1 atom stereocenters. The third-order valence-electron chi connectivity index (χ3n) is 2.58. The number of hydrogen-bond donors (Lipinski definition) is 1. The van der Waals surface area contributed by atoms with Crippen molar-refractivity contribution in [2.75, 3.05) is 13.2 Å². The lowest BCUT2D eigenvalue weighted by Gasteiger charge is -2.17. The van der Waals surface area contributed by atoms with Gasteiger partial charge in [-0.05, 0) is 32.9 Å². The molecular weight excluding hydrogens is 240 g/mol. The van der Waals surface area contributed by atoms with Crippen LogP contribution in [0.1, 0.15) is 32.8 Å². The monoisotopic (exact) mass is 262 g/mol. The molecule has 0 amide bonds. The summed E-state index contributed by atoms with van der Waals surface area (Å²) in [5.74, 6) is 1.36. The summed E-state index contributed by atoms with van der Waals surface area (Å²) >= 11 is 0. The minimum absolute atomic E-state index is 0.494. The molecule has 1 aromatic rings. The Bertz CT molecular complexity index is 427. The van der Waals surface area contributed by atoms with Crippen LogP contribution in [-0.4, -0.2) is 19.3 Å². The average molecular weight is 262 g/mol. The summed E-state index contributed by atoms with van der Waals surface area (Å²) in [5.41, 5.74) is 1.02. The Kier molecular flexibility index (Phi) is 6.76. The lowest BCUT2D eigenvalue weighted by molar-refractivity contribution is 0.247. The number of nitrogens with one attached hydrogen (secondary N) is 1. The first-order chi connectivity index (χ1) is 9.22. The first-order valence-corrected chi connectivity index (χ1v) is 6.74. The van der Waals surface area contributed by atoms with Gasteiger partial charge in [-0.15, -0.1) is 0 Å². The molecule has 1 N–H and O–H groups in total. The second kappa shape index (κ2) is 8.39. The van der Waals surface area contributed by atoms with E-state index < -0.39 is 6.10 Å². The zero-order valence-electron chi connectivity index (χ0n) is 11.9. The van der Waals surface area contributed by atoms with Gasteiger partial charge in [0.05, 0.1) is 6.61 Å². The number of rotatable bonds is 8. The Morgan fingerprint density at radius 1 is 1.37 bits per heavy atom. The van der Waals surface area contributed by atoms with Gasteiger partial charge in [-0.1, -0.05) is 19.1 Å². The Morgan fingerprint density at radius 3 is 2.79 bits per heavy atom. The van der Waals surface area contributed by atoms with Gasteiger partial charge in [-0.25, -0.2) is 0 Å². The zero-order valence-corrected chi connectivity index (χ0v) is 11.9. The van der Waals surface area contributed by atoms with Crippen LogP contribution in [0.3, 0.4) is 0 Å². The van der Waals surface area contributed by atoms with Crippen LogP contribution >= 0.6 is 0 Å². The minimum atomic E-state index is -0.494. The summed E-state index contributed by atoms with van der Waals surface area (Å²) in [7, 11) is 0. The van der Waals surface area contributed by atoms with Crippen molar-refractivity contribution in [2.24, 2.45) is 0 Å². The van der Waals surface area contributed by atoms with Crippen molar-refractivity contribution in [1.82, 2.24) is 5.32 Å².